The van der Waals surface area contributed by atoms with Gasteiger partial charge in [-0.05, 0) is 56.7 Å². The van der Waals surface area contributed by atoms with Crippen LogP contribution in [0.25, 0.3) is 17.1 Å². The van der Waals surface area contributed by atoms with E-state index in [1.54, 1.807) is 10.9 Å². The fourth-order valence-electron chi connectivity index (χ4n) is 4.23. The highest BCUT2D eigenvalue weighted by molar-refractivity contribution is 5.58. The number of halogens is 1. The Bertz CT molecular complexity index is 877. The second-order valence-corrected chi connectivity index (χ2v) is 7.36. The van der Waals surface area contributed by atoms with Crippen molar-refractivity contribution in [1.29, 1.82) is 0 Å². The maximum absolute atomic E-state index is 14.4. The molecule has 0 saturated heterocycles. The molecule has 0 amide bonds. The molecule has 2 aromatic heterocycles. The van der Waals surface area contributed by atoms with E-state index in [2.05, 4.69) is 15.2 Å². The topological polar surface area (TPSA) is 56.7 Å². The third-order valence-corrected chi connectivity index (χ3v) is 5.91. The molecule has 25 heavy (non-hydrogen) atoms. The average molecular weight is 338 g/mol. The zero-order chi connectivity index (χ0) is 16.9. The highest BCUT2D eigenvalue weighted by Gasteiger charge is 2.52. The lowest BCUT2D eigenvalue weighted by atomic mass is 9.59. The molecule has 128 valence electrons. The van der Waals surface area contributed by atoms with Gasteiger partial charge in [0, 0.05) is 18.0 Å². The van der Waals surface area contributed by atoms with E-state index < -0.39 is 5.67 Å². The SMILES string of the molecule is FC12CCC(c3nc(-c4cccc(-n5cccn5)c4)no3)(CC1)CC2. The predicted octanol–water partition coefficient (Wildman–Crippen LogP) is 4.24. The van der Waals surface area contributed by atoms with Gasteiger partial charge < -0.3 is 4.52 Å². The molecular formula is C19H19FN4O. The molecule has 3 aliphatic rings. The Balaban J connectivity index is 1.47. The van der Waals surface area contributed by atoms with Crippen LogP contribution in [0.5, 0.6) is 0 Å². The van der Waals surface area contributed by atoms with Crippen LogP contribution in [-0.4, -0.2) is 25.6 Å². The van der Waals surface area contributed by atoms with Gasteiger partial charge in [0.05, 0.1) is 11.1 Å². The quantitative estimate of drug-likeness (QED) is 0.717. The second kappa shape index (κ2) is 5.25. The van der Waals surface area contributed by atoms with Crippen molar-refractivity contribution in [2.45, 2.75) is 49.6 Å². The van der Waals surface area contributed by atoms with Gasteiger partial charge in [-0.15, -0.1) is 0 Å². The van der Waals surface area contributed by atoms with Gasteiger partial charge in [-0.3, -0.25) is 0 Å². The molecule has 2 bridgehead atoms. The normalized spacial score (nSPS) is 28.4. The van der Waals surface area contributed by atoms with Gasteiger partial charge in [0.15, 0.2) is 0 Å². The van der Waals surface area contributed by atoms with Crippen molar-refractivity contribution in [1.82, 2.24) is 19.9 Å². The lowest BCUT2D eigenvalue weighted by molar-refractivity contribution is -0.00826. The molecule has 5 nitrogen and oxygen atoms in total. The number of aromatic nitrogens is 4. The molecule has 1 aromatic carbocycles. The Hall–Kier alpha value is -2.50. The first-order valence-corrected chi connectivity index (χ1v) is 8.80. The third-order valence-electron chi connectivity index (χ3n) is 5.91. The number of alkyl halides is 1. The van der Waals surface area contributed by atoms with Gasteiger partial charge in [-0.25, -0.2) is 9.07 Å². The van der Waals surface area contributed by atoms with Crippen molar-refractivity contribution in [2.24, 2.45) is 0 Å². The smallest absolute Gasteiger partial charge is 0.233 e. The number of fused-ring (bicyclic) bond motifs is 3. The van der Waals surface area contributed by atoms with E-state index in [0.717, 1.165) is 30.5 Å². The minimum atomic E-state index is -0.956. The lowest BCUT2D eigenvalue weighted by Crippen LogP contribution is -2.45. The molecule has 0 aliphatic heterocycles. The standard InChI is InChI=1S/C19H19FN4O/c20-19-8-5-18(6-9-19,7-10-19)17-22-16(23-25-17)14-3-1-4-15(13-14)24-12-2-11-21-24/h1-4,11-13H,5-10H2. The van der Waals surface area contributed by atoms with Crippen molar-refractivity contribution in [2.75, 3.05) is 0 Å². The van der Waals surface area contributed by atoms with E-state index in [0.29, 0.717) is 31.0 Å². The van der Waals surface area contributed by atoms with Crippen LogP contribution in [0.3, 0.4) is 0 Å². The second-order valence-electron chi connectivity index (χ2n) is 7.36. The average Bonchev–Trinajstić information content (AvgIpc) is 3.35. The molecule has 0 radical (unpaired) electrons. The van der Waals surface area contributed by atoms with Crippen LogP contribution in [0.1, 0.15) is 44.4 Å². The van der Waals surface area contributed by atoms with E-state index in [1.807, 2.05) is 36.5 Å². The van der Waals surface area contributed by atoms with Crippen molar-refractivity contribution < 1.29 is 8.91 Å². The third kappa shape index (κ3) is 2.39. The van der Waals surface area contributed by atoms with Crippen molar-refractivity contribution in [3.8, 4) is 17.1 Å². The summed E-state index contributed by atoms with van der Waals surface area (Å²) in [5, 5.41) is 8.46. The number of nitrogens with zero attached hydrogens (tertiary/aromatic N) is 4. The minimum absolute atomic E-state index is 0.126. The van der Waals surface area contributed by atoms with E-state index in [1.165, 1.54) is 0 Å². The van der Waals surface area contributed by atoms with E-state index in [-0.39, 0.29) is 5.41 Å². The van der Waals surface area contributed by atoms with Gasteiger partial charge in [0.1, 0.15) is 5.67 Å². The molecule has 0 N–H and O–H groups in total. The summed E-state index contributed by atoms with van der Waals surface area (Å²) < 4.78 is 21.8. The number of hydrogen-bond acceptors (Lipinski definition) is 4. The Morgan fingerprint density at radius 2 is 1.84 bits per heavy atom. The highest BCUT2D eigenvalue weighted by Crippen LogP contribution is 2.54. The van der Waals surface area contributed by atoms with Crippen molar-refractivity contribution in [3.63, 3.8) is 0 Å². The fraction of sp³-hybridized carbons (Fsp3) is 0.421. The molecule has 0 atom stereocenters. The maximum atomic E-state index is 14.4. The molecule has 2 heterocycles. The maximum Gasteiger partial charge on any atom is 0.233 e. The van der Waals surface area contributed by atoms with Gasteiger partial charge in [-0.1, -0.05) is 17.3 Å². The Morgan fingerprint density at radius 1 is 1.04 bits per heavy atom. The van der Waals surface area contributed by atoms with E-state index in [9.17, 15) is 4.39 Å². The van der Waals surface area contributed by atoms with E-state index in [4.69, 9.17) is 4.52 Å². The van der Waals surface area contributed by atoms with Crippen LogP contribution in [0, 0.1) is 0 Å². The van der Waals surface area contributed by atoms with Crippen molar-refractivity contribution >= 4 is 0 Å². The van der Waals surface area contributed by atoms with Crippen LogP contribution in [0.4, 0.5) is 4.39 Å². The van der Waals surface area contributed by atoms with Gasteiger partial charge in [-0.2, -0.15) is 10.1 Å². The van der Waals surface area contributed by atoms with Crippen LogP contribution in [0.2, 0.25) is 0 Å². The molecular weight excluding hydrogens is 319 g/mol. The molecule has 0 unspecified atom stereocenters. The first kappa shape index (κ1) is 14.8. The summed E-state index contributed by atoms with van der Waals surface area (Å²) in [7, 11) is 0. The first-order chi connectivity index (χ1) is 12.2. The fourth-order valence-corrected chi connectivity index (χ4v) is 4.23. The molecule has 6 heteroatoms. The first-order valence-electron chi connectivity index (χ1n) is 8.80. The summed E-state index contributed by atoms with van der Waals surface area (Å²) in [4.78, 5) is 4.69. The molecule has 0 spiro atoms. The Kier molecular flexibility index (Phi) is 3.11. The molecule has 3 saturated carbocycles. The van der Waals surface area contributed by atoms with Crippen LogP contribution < -0.4 is 0 Å². The zero-order valence-electron chi connectivity index (χ0n) is 13.9. The van der Waals surface area contributed by atoms with Crippen LogP contribution in [0.15, 0.2) is 47.2 Å². The highest BCUT2D eigenvalue weighted by atomic mass is 19.1. The molecule has 3 fully saturated rings. The lowest BCUT2D eigenvalue weighted by Gasteiger charge is -2.47. The summed E-state index contributed by atoms with van der Waals surface area (Å²) in [6.45, 7) is 0. The summed E-state index contributed by atoms with van der Waals surface area (Å²) in [6.07, 6.45) is 7.89. The summed E-state index contributed by atoms with van der Waals surface area (Å²) in [5.74, 6) is 1.26. The monoisotopic (exact) mass is 338 g/mol. The zero-order valence-corrected chi connectivity index (χ0v) is 13.9. The van der Waals surface area contributed by atoms with Gasteiger partial charge in [0.2, 0.25) is 11.7 Å². The van der Waals surface area contributed by atoms with E-state index >= 15 is 0 Å². The molecule has 3 aromatic rings. The number of hydrogen-bond donors (Lipinski definition) is 0. The summed E-state index contributed by atoms with van der Waals surface area (Å²) in [6, 6.07) is 9.79. The summed E-state index contributed by atoms with van der Waals surface area (Å²) >= 11 is 0. The minimum Gasteiger partial charge on any atom is -0.338 e. The van der Waals surface area contributed by atoms with Gasteiger partial charge >= 0.3 is 0 Å². The largest absolute Gasteiger partial charge is 0.338 e. The number of benzene rings is 1. The molecule has 3 aliphatic carbocycles. The van der Waals surface area contributed by atoms with Crippen LogP contribution in [-0.2, 0) is 5.41 Å². The number of rotatable bonds is 3. The van der Waals surface area contributed by atoms with Gasteiger partial charge in [0.25, 0.3) is 0 Å². The van der Waals surface area contributed by atoms with Crippen molar-refractivity contribution in [3.05, 3.63) is 48.6 Å². The Labute approximate surface area is 144 Å². The predicted molar refractivity (Wildman–Crippen MR) is 90.1 cm³/mol. The Morgan fingerprint density at radius 3 is 2.56 bits per heavy atom. The van der Waals surface area contributed by atoms with Crippen LogP contribution >= 0.6 is 0 Å². The molecule has 6 rings (SSSR count). The summed E-state index contributed by atoms with van der Waals surface area (Å²) in [5.41, 5.74) is 0.761.